The molecule has 0 saturated carbocycles. The summed E-state index contributed by atoms with van der Waals surface area (Å²) >= 11 is 1.58. The summed E-state index contributed by atoms with van der Waals surface area (Å²) in [5, 5.41) is 6.84. The molecule has 1 saturated heterocycles. The van der Waals surface area contributed by atoms with Gasteiger partial charge in [-0.3, -0.25) is 4.79 Å². The Morgan fingerprint density at radius 3 is 2.69 bits per heavy atom. The molecule has 2 aromatic heterocycles. The standard InChI is InChI=1S/C18H27N5O2S/c1-14-17(15(2)25-20-14)18(24)23(13-16-19-5-12-26-16)7-4-6-22-10-8-21(3)9-11-22/h5,12H,4,6-11,13H2,1-3H3/p+2. The number of nitrogens with one attached hydrogen (secondary N) is 2. The summed E-state index contributed by atoms with van der Waals surface area (Å²) in [5.74, 6) is 0.582. The van der Waals surface area contributed by atoms with E-state index in [1.54, 1.807) is 34.3 Å². The number of piperazine rings is 1. The fraction of sp³-hybridized carbons (Fsp3) is 0.611. The van der Waals surface area contributed by atoms with Crippen LogP contribution in [0.1, 0.15) is 33.2 Å². The summed E-state index contributed by atoms with van der Waals surface area (Å²) in [4.78, 5) is 22.6. The molecule has 1 amide bonds. The zero-order valence-electron chi connectivity index (χ0n) is 15.9. The average Bonchev–Trinajstić information content (AvgIpc) is 3.25. The number of aryl methyl sites for hydroxylation is 2. The zero-order valence-corrected chi connectivity index (χ0v) is 16.7. The zero-order chi connectivity index (χ0) is 18.5. The van der Waals surface area contributed by atoms with Gasteiger partial charge in [0.1, 0.15) is 42.5 Å². The highest BCUT2D eigenvalue weighted by molar-refractivity contribution is 7.09. The van der Waals surface area contributed by atoms with Crippen molar-refractivity contribution in [1.82, 2.24) is 15.0 Å². The summed E-state index contributed by atoms with van der Waals surface area (Å²) in [6.45, 7) is 10.9. The van der Waals surface area contributed by atoms with Crippen molar-refractivity contribution in [2.24, 2.45) is 0 Å². The second kappa shape index (κ2) is 8.75. The number of amides is 1. The minimum atomic E-state index is -0.00530. The van der Waals surface area contributed by atoms with Gasteiger partial charge in [-0.1, -0.05) is 5.16 Å². The molecule has 0 aliphatic carbocycles. The van der Waals surface area contributed by atoms with Crippen LogP contribution in [0.2, 0.25) is 0 Å². The Morgan fingerprint density at radius 1 is 1.31 bits per heavy atom. The Morgan fingerprint density at radius 2 is 2.08 bits per heavy atom. The number of rotatable bonds is 7. The Bertz CT molecular complexity index is 688. The lowest BCUT2D eigenvalue weighted by Crippen LogP contribution is -3.27. The van der Waals surface area contributed by atoms with E-state index in [0.29, 0.717) is 23.6 Å². The molecular weight excluding hydrogens is 350 g/mol. The maximum Gasteiger partial charge on any atom is 0.259 e. The van der Waals surface area contributed by atoms with Gasteiger partial charge in [-0.2, -0.15) is 0 Å². The predicted molar refractivity (Wildman–Crippen MR) is 99.6 cm³/mol. The van der Waals surface area contributed by atoms with E-state index in [9.17, 15) is 4.79 Å². The third-order valence-corrected chi connectivity index (χ3v) is 5.88. The first-order valence-electron chi connectivity index (χ1n) is 9.30. The number of likely N-dealkylation sites (N-methyl/N-ethyl adjacent to an activating group) is 1. The molecule has 0 unspecified atom stereocenters. The lowest BCUT2D eigenvalue weighted by Gasteiger charge is -2.28. The average molecular weight is 380 g/mol. The van der Waals surface area contributed by atoms with Gasteiger partial charge in [-0.25, -0.2) is 4.98 Å². The van der Waals surface area contributed by atoms with E-state index in [1.807, 2.05) is 17.2 Å². The maximum absolute atomic E-state index is 13.1. The molecular formula is C18H29N5O2S+2. The second-order valence-corrected chi connectivity index (χ2v) is 8.14. The predicted octanol–water partition coefficient (Wildman–Crippen LogP) is -0.806. The van der Waals surface area contributed by atoms with Gasteiger partial charge in [0.05, 0.1) is 25.8 Å². The van der Waals surface area contributed by atoms with Gasteiger partial charge in [0, 0.05) is 24.5 Å². The largest absolute Gasteiger partial charge is 0.361 e. The normalized spacial score (nSPS) is 20.3. The molecule has 0 atom stereocenters. The van der Waals surface area contributed by atoms with Gasteiger partial charge >= 0.3 is 0 Å². The van der Waals surface area contributed by atoms with Crippen LogP contribution < -0.4 is 9.80 Å². The van der Waals surface area contributed by atoms with Crippen LogP contribution in [0.4, 0.5) is 0 Å². The van der Waals surface area contributed by atoms with Crippen LogP contribution in [0, 0.1) is 13.8 Å². The van der Waals surface area contributed by atoms with Crippen LogP contribution in [0.15, 0.2) is 16.1 Å². The number of hydrogen-bond acceptors (Lipinski definition) is 5. The van der Waals surface area contributed by atoms with Crippen LogP contribution in [0.25, 0.3) is 0 Å². The van der Waals surface area contributed by atoms with Crippen molar-refractivity contribution in [3.8, 4) is 0 Å². The second-order valence-electron chi connectivity index (χ2n) is 7.16. The number of aromatic nitrogens is 2. The SMILES string of the molecule is Cc1noc(C)c1C(=O)N(CCC[NH+]1CC[NH+](C)CC1)Cc1nccs1. The van der Waals surface area contributed by atoms with Crippen LogP contribution in [-0.2, 0) is 6.54 Å². The minimum absolute atomic E-state index is 0.00530. The summed E-state index contributed by atoms with van der Waals surface area (Å²) in [7, 11) is 2.26. The van der Waals surface area contributed by atoms with Crippen LogP contribution in [0.3, 0.4) is 0 Å². The van der Waals surface area contributed by atoms with E-state index >= 15 is 0 Å². The molecule has 8 heteroatoms. The number of nitrogens with zero attached hydrogens (tertiary/aromatic N) is 3. The van der Waals surface area contributed by atoms with Gasteiger partial charge in [0.2, 0.25) is 0 Å². The molecule has 1 aliphatic heterocycles. The van der Waals surface area contributed by atoms with Crippen LogP contribution >= 0.6 is 11.3 Å². The molecule has 1 fully saturated rings. The van der Waals surface area contributed by atoms with Gasteiger partial charge in [-0.15, -0.1) is 11.3 Å². The smallest absolute Gasteiger partial charge is 0.259 e. The summed E-state index contributed by atoms with van der Waals surface area (Å²) in [5.41, 5.74) is 1.25. The molecule has 1 aliphatic rings. The molecule has 2 N–H and O–H groups in total. The molecule has 0 bridgehead atoms. The number of hydrogen-bond donors (Lipinski definition) is 2. The Balaban J connectivity index is 1.62. The first-order chi connectivity index (χ1) is 12.5. The molecule has 0 spiro atoms. The van der Waals surface area contributed by atoms with Crippen molar-refractivity contribution in [2.45, 2.75) is 26.8 Å². The Hall–Kier alpha value is -1.77. The monoisotopic (exact) mass is 379 g/mol. The minimum Gasteiger partial charge on any atom is -0.361 e. The topological polar surface area (TPSA) is 68.1 Å². The first-order valence-corrected chi connectivity index (χ1v) is 10.2. The molecule has 0 aromatic carbocycles. The number of quaternary nitrogens is 2. The molecule has 0 radical (unpaired) electrons. The molecule has 26 heavy (non-hydrogen) atoms. The maximum atomic E-state index is 13.1. The lowest BCUT2D eigenvalue weighted by molar-refractivity contribution is -1.00. The highest BCUT2D eigenvalue weighted by atomic mass is 32.1. The molecule has 3 heterocycles. The van der Waals surface area contributed by atoms with Crippen molar-refractivity contribution in [3.05, 3.63) is 33.6 Å². The van der Waals surface area contributed by atoms with Gasteiger partial charge in [0.25, 0.3) is 5.91 Å². The van der Waals surface area contributed by atoms with Crippen LogP contribution in [-0.4, -0.2) is 67.3 Å². The Kier molecular flexibility index (Phi) is 6.39. The van der Waals surface area contributed by atoms with E-state index in [-0.39, 0.29) is 5.91 Å². The van der Waals surface area contributed by atoms with Crippen molar-refractivity contribution in [3.63, 3.8) is 0 Å². The lowest BCUT2D eigenvalue weighted by atomic mass is 10.1. The van der Waals surface area contributed by atoms with E-state index in [4.69, 9.17) is 4.52 Å². The molecule has 142 valence electrons. The van der Waals surface area contributed by atoms with E-state index < -0.39 is 0 Å². The molecule has 7 nitrogen and oxygen atoms in total. The van der Waals surface area contributed by atoms with E-state index in [0.717, 1.165) is 24.5 Å². The van der Waals surface area contributed by atoms with Crippen molar-refractivity contribution >= 4 is 17.2 Å². The van der Waals surface area contributed by atoms with E-state index in [1.165, 1.54) is 26.2 Å². The van der Waals surface area contributed by atoms with Crippen molar-refractivity contribution in [1.29, 1.82) is 0 Å². The first kappa shape index (κ1) is 19.0. The van der Waals surface area contributed by atoms with Crippen LogP contribution in [0.5, 0.6) is 0 Å². The fourth-order valence-electron chi connectivity index (χ4n) is 3.49. The summed E-state index contributed by atoms with van der Waals surface area (Å²) in [6, 6.07) is 0. The Labute approximate surface area is 158 Å². The number of thiazole rings is 1. The third-order valence-electron chi connectivity index (χ3n) is 5.11. The highest BCUT2D eigenvalue weighted by Crippen LogP contribution is 2.18. The molecule has 3 rings (SSSR count). The molecule has 2 aromatic rings. The van der Waals surface area contributed by atoms with Crippen molar-refractivity contribution < 1.29 is 19.1 Å². The van der Waals surface area contributed by atoms with Crippen molar-refractivity contribution in [2.75, 3.05) is 46.3 Å². The quantitative estimate of drug-likeness (QED) is 0.661. The summed E-state index contributed by atoms with van der Waals surface area (Å²) < 4.78 is 5.19. The van der Waals surface area contributed by atoms with E-state index in [2.05, 4.69) is 17.2 Å². The van der Waals surface area contributed by atoms with Gasteiger partial charge in [-0.05, 0) is 13.8 Å². The fourth-order valence-corrected chi connectivity index (χ4v) is 4.12. The third kappa shape index (κ3) is 4.69. The van der Waals surface area contributed by atoms with Gasteiger partial charge in [0.15, 0.2) is 0 Å². The number of carbonyl (C=O) groups is 1. The van der Waals surface area contributed by atoms with Gasteiger partial charge < -0.3 is 19.2 Å². The summed E-state index contributed by atoms with van der Waals surface area (Å²) in [6.07, 6.45) is 2.78. The number of carbonyl (C=O) groups excluding carboxylic acids is 1. The highest BCUT2D eigenvalue weighted by Gasteiger charge is 2.25.